The fraction of sp³-hybridized carbons (Fsp3) is 0.833. The molecular weight excluding hydrogens is 604 g/mol. The number of hydroxylamine groups is 1. The Bertz CT molecular complexity index is 1230. The lowest BCUT2D eigenvalue weighted by atomic mass is 9.70. The maximum Gasteiger partial charge on any atom is 0.315 e. The Hall–Kier alpha value is -2.78. The molecule has 5 amide bonds. The molecule has 0 bridgehead atoms. The van der Waals surface area contributed by atoms with E-state index < -0.39 is 63.2 Å². The van der Waals surface area contributed by atoms with Crippen molar-refractivity contribution in [2.45, 2.75) is 120 Å². The molecular formula is C30H50N6O8S. The van der Waals surface area contributed by atoms with Crippen molar-refractivity contribution in [1.82, 2.24) is 30.6 Å². The van der Waals surface area contributed by atoms with Gasteiger partial charge < -0.3 is 26.2 Å². The smallest absolute Gasteiger partial charge is 0.315 e. The van der Waals surface area contributed by atoms with Crippen molar-refractivity contribution >= 4 is 39.6 Å². The third-order valence-corrected chi connectivity index (χ3v) is 11.8. The van der Waals surface area contributed by atoms with Crippen molar-refractivity contribution in [2.24, 2.45) is 5.41 Å². The second-order valence-electron chi connectivity index (χ2n) is 13.5. The van der Waals surface area contributed by atoms with E-state index in [0.717, 1.165) is 55.8 Å². The molecule has 3 saturated carbocycles. The average Bonchev–Trinajstić information content (AvgIpc) is 3.68. The number of Topliss-reactive ketones (excluding diaryl/α,β-unsaturated/α-hetero) is 1. The Morgan fingerprint density at radius 1 is 0.933 bits per heavy atom. The number of rotatable bonds is 13. The number of amides is 5. The zero-order valence-corrected chi connectivity index (χ0v) is 27.6. The monoisotopic (exact) mass is 654 g/mol. The van der Waals surface area contributed by atoms with Crippen molar-refractivity contribution < 1.29 is 37.2 Å². The Kier molecular flexibility index (Phi) is 11.5. The number of likely N-dealkylation sites (tertiary alicyclic amines) is 1. The quantitative estimate of drug-likeness (QED) is 0.168. The van der Waals surface area contributed by atoms with E-state index in [2.05, 4.69) is 21.3 Å². The molecule has 1 aliphatic heterocycles. The van der Waals surface area contributed by atoms with E-state index in [1.165, 1.54) is 19.1 Å². The van der Waals surface area contributed by atoms with Crippen LogP contribution >= 0.6 is 0 Å². The number of hydrogen-bond acceptors (Lipinski definition) is 8. The summed E-state index contributed by atoms with van der Waals surface area (Å²) < 4.78 is 26.8. The Balaban J connectivity index is 1.48. The topological polar surface area (TPSA) is 183 Å². The van der Waals surface area contributed by atoms with Gasteiger partial charge >= 0.3 is 6.03 Å². The van der Waals surface area contributed by atoms with Crippen LogP contribution in [-0.4, -0.2) is 104 Å². The van der Waals surface area contributed by atoms with Crippen LogP contribution in [0.25, 0.3) is 0 Å². The number of urea groups is 1. The van der Waals surface area contributed by atoms with Crippen LogP contribution in [0.5, 0.6) is 0 Å². The zero-order valence-electron chi connectivity index (χ0n) is 26.8. The van der Waals surface area contributed by atoms with Crippen LogP contribution < -0.4 is 21.3 Å². The molecule has 0 aromatic heterocycles. The van der Waals surface area contributed by atoms with Gasteiger partial charge in [0.15, 0.2) is 0 Å². The predicted octanol–water partition coefficient (Wildman–Crippen LogP) is 1.11. The van der Waals surface area contributed by atoms with Crippen molar-refractivity contribution in [3.63, 3.8) is 0 Å². The summed E-state index contributed by atoms with van der Waals surface area (Å²) in [4.78, 5) is 71.8. The summed E-state index contributed by atoms with van der Waals surface area (Å²) >= 11 is 0. The fourth-order valence-corrected chi connectivity index (χ4v) is 8.47. The molecule has 0 aromatic rings. The number of carbonyl (C=O) groups is 5. The lowest BCUT2D eigenvalue weighted by Crippen LogP contribution is -2.64. The summed E-state index contributed by atoms with van der Waals surface area (Å²) in [5.74, 6) is -2.70. The van der Waals surface area contributed by atoms with Crippen LogP contribution in [0.3, 0.4) is 0 Å². The highest BCUT2D eigenvalue weighted by Gasteiger charge is 2.47. The minimum atomic E-state index is -3.84. The maximum atomic E-state index is 14.3. The maximum absolute atomic E-state index is 14.3. The van der Waals surface area contributed by atoms with Gasteiger partial charge in [-0.1, -0.05) is 49.9 Å². The molecule has 2 atom stereocenters. The van der Waals surface area contributed by atoms with Crippen LogP contribution in [0.1, 0.15) is 96.8 Å². The fourth-order valence-electron chi connectivity index (χ4n) is 7.01. The Morgan fingerprint density at radius 2 is 1.56 bits per heavy atom. The van der Waals surface area contributed by atoms with Crippen LogP contribution in [0.4, 0.5) is 4.79 Å². The van der Waals surface area contributed by atoms with Gasteiger partial charge in [-0.15, -0.1) is 0 Å². The summed E-state index contributed by atoms with van der Waals surface area (Å²) in [7, 11) is -1.26. The Labute approximate surface area is 266 Å². The van der Waals surface area contributed by atoms with Crippen molar-refractivity contribution in [1.29, 1.82) is 0 Å². The molecule has 1 saturated heterocycles. The second kappa shape index (κ2) is 14.8. The third kappa shape index (κ3) is 8.94. The van der Waals surface area contributed by atoms with Crippen molar-refractivity contribution in [3.8, 4) is 0 Å². The van der Waals surface area contributed by atoms with E-state index in [4.69, 9.17) is 4.84 Å². The van der Waals surface area contributed by atoms with Crippen LogP contribution in [0.2, 0.25) is 0 Å². The first-order valence-corrected chi connectivity index (χ1v) is 17.9. The number of nitrogens with zero attached hydrogens (tertiary/aromatic N) is 2. The summed E-state index contributed by atoms with van der Waals surface area (Å²) in [5.41, 5.74) is -1.60. The first-order valence-electron chi connectivity index (χ1n) is 16.3. The van der Waals surface area contributed by atoms with Gasteiger partial charge in [-0.05, 0) is 56.8 Å². The molecule has 1 heterocycles. The molecule has 14 nitrogen and oxygen atoms in total. The minimum absolute atomic E-state index is 0.0203. The first-order chi connectivity index (χ1) is 21.3. The molecule has 4 rings (SSSR count). The first kappa shape index (κ1) is 35.1. The average molecular weight is 655 g/mol. The highest BCUT2D eigenvalue weighted by molar-refractivity contribution is 7.89. The summed E-state index contributed by atoms with van der Waals surface area (Å²) in [6.07, 6.45) is 10.2. The highest BCUT2D eigenvalue weighted by atomic mass is 32.2. The van der Waals surface area contributed by atoms with E-state index in [0.29, 0.717) is 45.1 Å². The lowest BCUT2D eigenvalue weighted by molar-refractivity contribution is -0.143. The van der Waals surface area contributed by atoms with Crippen LogP contribution in [0.15, 0.2) is 0 Å². The Morgan fingerprint density at radius 3 is 2.16 bits per heavy atom. The van der Waals surface area contributed by atoms with E-state index in [9.17, 15) is 32.4 Å². The number of ketones is 1. The van der Waals surface area contributed by atoms with E-state index >= 15 is 0 Å². The molecule has 0 aromatic carbocycles. The van der Waals surface area contributed by atoms with E-state index in [1.807, 2.05) is 6.92 Å². The number of hydrogen-bond donors (Lipinski definition) is 4. The standard InChI is InChI=1S/C30H50N6O8S/c1-29(14-6-4-7-15-29)24(33-28(41)34-30(16-8-5-9-17-30)20-45(42,43)35(2)44-3)27(40)36-18-10-11-22(36)25(38)31-19-23(37)26(39)32-21-12-13-21/h21-22,24H,4-20H2,1-3H3,(H,31,38)(H,32,39)(H2,33,34,41)/t22-,24+/m0/s1. The van der Waals surface area contributed by atoms with Gasteiger partial charge in [0, 0.05) is 19.6 Å². The molecule has 3 aliphatic carbocycles. The minimum Gasteiger partial charge on any atom is -0.347 e. The molecule has 45 heavy (non-hydrogen) atoms. The molecule has 15 heteroatoms. The molecule has 0 unspecified atom stereocenters. The van der Waals surface area contributed by atoms with Crippen LogP contribution in [-0.2, 0) is 34.0 Å². The molecule has 4 fully saturated rings. The van der Waals surface area contributed by atoms with Gasteiger partial charge in [-0.3, -0.25) is 24.0 Å². The van der Waals surface area contributed by atoms with Gasteiger partial charge in [-0.2, -0.15) is 0 Å². The lowest BCUT2D eigenvalue weighted by Gasteiger charge is -2.43. The highest BCUT2D eigenvalue weighted by Crippen LogP contribution is 2.40. The number of sulfonamides is 1. The summed E-state index contributed by atoms with van der Waals surface area (Å²) in [6, 6.07) is -2.39. The molecule has 4 aliphatic rings. The number of carbonyl (C=O) groups excluding carboxylic acids is 5. The second-order valence-corrected chi connectivity index (χ2v) is 15.5. The van der Waals surface area contributed by atoms with E-state index in [-0.39, 0.29) is 17.7 Å². The number of nitrogens with one attached hydrogen (secondary N) is 4. The van der Waals surface area contributed by atoms with Gasteiger partial charge in [0.05, 0.1) is 24.9 Å². The third-order valence-electron chi connectivity index (χ3n) is 9.94. The van der Waals surface area contributed by atoms with Gasteiger partial charge in [0.1, 0.15) is 12.1 Å². The molecule has 254 valence electrons. The summed E-state index contributed by atoms with van der Waals surface area (Å²) in [5, 5.41) is 11.0. The predicted molar refractivity (Wildman–Crippen MR) is 165 cm³/mol. The molecule has 0 spiro atoms. The van der Waals surface area contributed by atoms with Gasteiger partial charge in [-0.25, -0.2) is 13.2 Å². The largest absolute Gasteiger partial charge is 0.347 e. The molecule has 0 radical (unpaired) electrons. The van der Waals surface area contributed by atoms with Gasteiger partial charge in [0.2, 0.25) is 27.6 Å². The zero-order chi connectivity index (χ0) is 32.8. The van der Waals surface area contributed by atoms with Crippen molar-refractivity contribution in [3.05, 3.63) is 0 Å². The van der Waals surface area contributed by atoms with Crippen LogP contribution in [0, 0.1) is 5.41 Å². The normalized spacial score (nSPS) is 23.6. The van der Waals surface area contributed by atoms with Crippen molar-refractivity contribution in [2.75, 3.05) is 33.0 Å². The SMILES string of the molecule is CON(C)S(=O)(=O)CC1(NC(=O)N[C@H](C(=O)N2CCC[C@H]2C(=O)NCC(=O)C(=O)NC2CC2)C2(C)CCCCC2)CCCCC1. The van der Waals surface area contributed by atoms with Gasteiger partial charge in [0.25, 0.3) is 5.91 Å². The van der Waals surface area contributed by atoms with E-state index in [1.54, 1.807) is 0 Å². The summed E-state index contributed by atoms with van der Waals surface area (Å²) in [6.45, 7) is 1.83. The molecule has 4 N–H and O–H groups in total.